The van der Waals surface area contributed by atoms with Crippen LogP contribution in [0.2, 0.25) is 10.0 Å². The van der Waals surface area contributed by atoms with Crippen molar-refractivity contribution >= 4 is 56.6 Å². The molecule has 0 aliphatic heterocycles. The summed E-state index contributed by atoms with van der Waals surface area (Å²) in [6.07, 6.45) is 2.90. The first-order chi connectivity index (χ1) is 14.5. The van der Waals surface area contributed by atoms with Gasteiger partial charge in [-0.25, -0.2) is 9.97 Å². The topological polar surface area (TPSA) is 88.7 Å². The largest absolute Gasteiger partial charge is 0.442 e. The number of halogens is 2. The monoisotopic (exact) mass is 439 g/mol. The molecule has 0 amide bonds. The zero-order chi connectivity index (χ0) is 21.0. The van der Waals surface area contributed by atoms with Crippen LogP contribution in [0, 0.1) is 6.92 Å². The molecule has 150 valence electrons. The Hall–Kier alpha value is -3.29. The molecule has 5 rings (SSSR count). The van der Waals surface area contributed by atoms with Gasteiger partial charge >= 0.3 is 0 Å². The summed E-state index contributed by atoms with van der Waals surface area (Å²) in [7, 11) is 1.83. The van der Waals surface area contributed by atoms with Crippen molar-refractivity contribution in [3.63, 3.8) is 0 Å². The van der Waals surface area contributed by atoms with E-state index in [0.717, 1.165) is 10.9 Å². The summed E-state index contributed by atoms with van der Waals surface area (Å²) in [5, 5.41) is 5.49. The Morgan fingerprint density at radius 1 is 1.17 bits per heavy atom. The maximum Gasteiger partial charge on any atom is 0.258 e. The van der Waals surface area contributed by atoms with E-state index in [-0.39, 0.29) is 5.56 Å². The predicted octanol–water partition coefficient (Wildman–Crippen LogP) is 5.43. The van der Waals surface area contributed by atoms with Gasteiger partial charge in [0, 0.05) is 7.05 Å². The first-order valence-corrected chi connectivity index (χ1v) is 9.83. The lowest BCUT2D eigenvalue weighted by molar-refractivity contribution is 0.569. The van der Waals surface area contributed by atoms with Crippen molar-refractivity contribution in [2.45, 2.75) is 6.92 Å². The second-order valence-electron chi connectivity index (χ2n) is 6.89. The molecule has 3 aromatic heterocycles. The number of rotatable bonds is 3. The lowest BCUT2D eigenvalue weighted by Crippen LogP contribution is -2.11. The van der Waals surface area contributed by atoms with Gasteiger partial charge in [0.05, 0.1) is 44.0 Å². The van der Waals surface area contributed by atoms with Crippen molar-refractivity contribution in [2.75, 3.05) is 5.32 Å². The smallest absolute Gasteiger partial charge is 0.258 e. The maximum absolute atomic E-state index is 13.1. The number of para-hydroxylation sites is 1. The van der Waals surface area contributed by atoms with Crippen molar-refractivity contribution in [3.8, 4) is 11.5 Å². The molecule has 7 nitrogen and oxygen atoms in total. The van der Waals surface area contributed by atoms with E-state index in [1.165, 1.54) is 6.39 Å². The number of aromatic amines is 1. The van der Waals surface area contributed by atoms with Crippen molar-refractivity contribution in [3.05, 3.63) is 68.9 Å². The van der Waals surface area contributed by atoms with Gasteiger partial charge in [-0.3, -0.25) is 4.79 Å². The van der Waals surface area contributed by atoms with Crippen LogP contribution in [0.5, 0.6) is 0 Å². The summed E-state index contributed by atoms with van der Waals surface area (Å²) in [6.45, 7) is 1.93. The third-order valence-corrected chi connectivity index (χ3v) is 5.79. The second kappa shape index (κ2) is 6.90. The molecule has 0 saturated heterocycles. The molecule has 0 radical (unpaired) electrons. The molecular weight excluding hydrogens is 425 g/mol. The molecule has 0 bridgehead atoms. The number of hydrogen-bond donors (Lipinski definition) is 2. The molecule has 0 aliphatic rings. The van der Waals surface area contributed by atoms with Crippen molar-refractivity contribution < 1.29 is 4.42 Å². The zero-order valence-electron chi connectivity index (χ0n) is 16.0. The van der Waals surface area contributed by atoms with Crippen LogP contribution < -0.4 is 10.9 Å². The normalized spacial score (nSPS) is 11.5. The number of H-pyrrole nitrogens is 1. The third-order valence-electron chi connectivity index (χ3n) is 5.16. The first-order valence-electron chi connectivity index (χ1n) is 9.07. The van der Waals surface area contributed by atoms with Gasteiger partial charge in [0.1, 0.15) is 0 Å². The van der Waals surface area contributed by atoms with E-state index < -0.39 is 0 Å². The number of hydrogen-bond acceptors (Lipinski definition) is 5. The van der Waals surface area contributed by atoms with Gasteiger partial charge in [-0.15, -0.1) is 0 Å². The highest BCUT2D eigenvalue weighted by Gasteiger charge is 2.19. The fourth-order valence-corrected chi connectivity index (χ4v) is 4.17. The quantitative estimate of drug-likeness (QED) is 0.391. The number of nitrogens with one attached hydrogen (secondary N) is 2. The molecule has 0 atom stereocenters. The van der Waals surface area contributed by atoms with Crippen LogP contribution in [-0.2, 0) is 7.05 Å². The Morgan fingerprint density at radius 3 is 2.63 bits per heavy atom. The average Bonchev–Trinajstić information content (AvgIpc) is 3.36. The van der Waals surface area contributed by atoms with Crippen LogP contribution in [-0.4, -0.2) is 19.5 Å². The summed E-state index contributed by atoms with van der Waals surface area (Å²) < 4.78 is 7.19. The summed E-state index contributed by atoms with van der Waals surface area (Å²) in [4.78, 5) is 24.6. The SMILES string of the molecule is Cc1c(-c2cnco2)[nH]c(=O)c2c1ccc1nc(Nc3c(Cl)cccc3Cl)n(C)c12. The number of imidazole rings is 1. The Balaban J connectivity index is 1.75. The van der Waals surface area contributed by atoms with E-state index in [1.807, 2.05) is 30.7 Å². The molecule has 0 fully saturated rings. The fraction of sp³-hybridized carbons (Fsp3) is 0.0952. The van der Waals surface area contributed by atoms with Gasteiger partial charge in [-0.2, -0.15) is 0 Å². The summed E-state index contributed by atoms with van der Waals surface area (Å²) in [5.41, 5.74) is 3.18. The molecule has 9 heteroatoms. The molecule has 0 aliphatic carbocycles. The van der Waals surface area contributed by atoms with Gasteiger partial charge in [0.15, 0.2) is 12.2 Å². The minimum Gasteiger partial charge on any atom is -0.442 e. The molecule has 0 unspecified atom stereocenters. The number of benzene rings is 2. The molecule has 30 heavy (non-hydrogen) atoms. The Bertz CT molecular complexity index is 1470. The summed E-state index contributed by atoms with van der Waals surface area (Å²) in [5.74, 6) is 1.02. The number of aryl methyl sites for hydroxylation is 2. The van der Waals surface area contributed by atoms with Crippen LogP contribution in [0.15, 0.2) is 52.1 Å². The number of aromatic nitrogens is 4. The Labute approximate surface area is 180 Å². The molecule has 0 spiro atoms. The lowest BCUT2D eigenvalue weighted by Gasteiger charge is -2.11. The van der Waals surface area contributed by atoms with Crippen LogP contribution in [0.4, 0.5) is 11.6 Å². The van der Waals surface area contributed by atoms with E-state index in [9.17, 15) is 4.79 Å². The zero-order valence-corrected chi connectivity index (χ0v) is 17.5. The lowest BCUT2D eigenvalue weighted by atomic mass is 10.0. The summed E-state index contributed by atoms with van der Waals surface area (Å²) in [6, 6.07) is 9.03. The van der Waals surface area contributed by atoms with Crippen LogP contribution in [0.3, 0.4) is 0 Å². The van der Waals surface area contributed by atoms with Gasteiger partial charge in [0.2, 0.25) is 5.95 Å². The summed E-state index contributed by atoms with van der Waals surface area (Å²) >= 11 is 12.6. The van der Waals surface area contributed by atoms with E-state index in [1.54, 1.807) is 24.4 Å². The molecule has 0 saturated carbocycles. The number of anilines is 2. The number of nitrogens with zero attached hydrogens (tertiary/aromatic N) is 3. The van der Waals surface area contributed by atoms with E-state index in [4.69, 9.17) is 27.6 Å². The van der Waals surface area contributed by atoms with Gasteiger partial charge in [0.25, 0.3) is 5.56 Å². The van der Waals surface area contributed by atoms with E-state index >= 15 is 0 Å². The molecule has 3 heterocycles. The minimum atomic E-state index is -0.238. The van der Waals surface area contributed by atoms with Crippen molar-refractivity contribution in [2.24, 2.45) is 7.05 Å². The molecule has 5 aromatic rings. The number of oxazole rings is 1. The predicted molar refractivity (Wildman–Crippen MR) is 119 cm³/mol. The highest BCUT2D eigenvalue weighted by Crippen LogP contribution is 2.35. The standard InChI is InChI=1S/C21H15Cl2N5O2/c1-10-11-6-7-14-19(16(11)20(29)26-17(10)15-8-24-9-30-15)28(2)21(25-14)27-18-12(22)4-3-5-13(18)23/h3-9H,1-2H3,(H,25,27)(H,26,29). The number of pyridine rings is 1. The maximum atomic E-state index is 13.1. The van der Waals surface area contributed by atoms with Crippen molar-refractivity contribution in [1.82, 2.24) is 19.5 Å². The highest BCUT2D eigenvalue weighted by atomic mass is 35.5. The Kier molecular flexibility index (Phi) is 4.30. The Morgan fingerprint density at radius 2 is 1.93 bits per heavy atom. The average molecular weight is 440 g/mol. The molecule has 2 N–H and O–H groups in total. The number of fused-ring (bicyclic) bond motifs is 3. The van der Waals surface area contributed by atoms with E-state index in [2.05, 4.69) is 20.3 Å². The van der Waals surface area contributed by atoms with E-state index in [0.29, 0.717) is 49.6 Å². The van der Waals surface area contributed by atoms with Gasteiger partial charge in [-0.05, 0) is 36.1 Å². The minimum absolute atomic E-state index is 0.238. The van der Waals surface area contributed by atoms with Crippen LogP contribution >= 0.6 is 23.2 Å². The van der Waals surface area contributed by atoms with Gasteiger partial charge < -0.3 is 19.3 Å². The van der Waals surface area contributed by atoms with Gasteiger partial charge in [-0.1, -0.05) is 35.3 Å². The third kappa shape index (κ3) is 2.78. The fourth-order valence-electron chi connectivity index (χ4n) is 3.68. The molecule has 2 aromatic carbocycles. The molecular formula is C21H15Cl2N5O2. The second-order valence-corrected chi connectivity index (χ2v) is 7.71. The first kappa shape index (κ1) is 18.7. The highest BCUT2D eigenvalue weighted by molar-refractivity contribution is 6.39. The van der Waals surface area contributed by atoms with Crippen LogP contribution in [0.25, 0.3) is 33.3 Å². The van der Waals surface area contributed by atoms with Crippen LogP contribution in [0.1, 0.15) is 5.56 Å². The van der Waals surface area contributed by atoms with Crippen molar-refractivity contribution in [1.29, 1.82) is 0 Å².